The highest BCUT2D eigenvalue weighted by Gasteiger charge is 2.20. The van der Waals surface area contributed by atoms with Crippen molar-refractivity contribution in [3.63, 3.8) is 0 Å². The van der Waals surface area contributed by atoms with Gasteiger partial charge in [-0.25, -0.2) is 26.4 Å². The molecule has 2 N–H and O–H groups in total. The second kappa shape index (κ2) is 5.37. The number of sulfonamides is 1. The summed E-state index contributed by atoms with van der Waals surface area (Å²) in [6.45, 7) is 0. The third-order valence-corrected chi connectivity index (χ3v) is 5.24. The number of carboxylic acids is 1. The standard InChI is InChI=1S/C11H6F3NO4S2/c12-6-3-5(4-7(13)10(6)14)15-21(18,19)9-2-1-8(20-9)11(16)17/h1-4,15H,(H,16,17). The van der Waals surface area contributed by atoms with Gasteiger partial charge in [0.2, 0.25) is 0 Å². The summed E-state index contributed by atoms with van der Waals surface area (Å²) in [7, 11) is -4.22. The minimum absolute atomic E-state index is 0.216. The first-order valence-electron chi connectivity index (χ1n) is 5.21. The number of carboxylic acid groups (broad SMARTS) is 1. The molecule has 0 atom stereocenters. The number of hydrogen-bond donors (Lipinski definition) is 2. The molecule has 2 aromatic rings. The Hall–Kier alpha value is -2.07. The number of thiophene rings is 1. The highest BCUT2D eigenvalue weighted by atomic mass is 32.2. The van der Waals surface area contributed by atoms with Gasteiger partial charge in [-0.2, -0.15) is 0 Å². The average molecular weight is 337 g/mol. The summed E-state index contributed by atoms with van der Waals surface area (Å²) in [5.41, 5.74) is -0.517. The van der Waals surface area contributed by atoms with Gasteiger partial charge in [0.1, 0.15) is 9.09 Å². The molecule has 0 amide bonds. The molecule has 21 heavy (non-hydrogen) atoms. The number of benzene rings is 1. The monoisotopic (exact) mass is 337 g/mol. The zero-order valence-corrected chi connectivity index (χ0v) is 11.6. The highest BCUT2D eigenvalue weighted by molar-refractivity contribution is 7.94. The first-order chi connectivity index (χ1) is 9.70. The lowest BCUT2D eigenvalue weighted by Crippen LogP contribution is -2.12. The van der Waals surface area contributed by atoms with E-state index in [1.807, 2.05) is 4.72 Å². The molecule has 0 fully saturated rings. The maximum atomic E-state index is 13.0. The van der Waals surface area contributed by atoms with Crippen LogP contribution in [-0.4, -0.2) is 19.5 Å². The summed E-state index contributed by atoms with van der Waals surface area (Å²) in [4.78, 5) is 10.5. The van der Waals surface area contributed by atoms with E-state index < -0.39 is 39.1 Å². The largest absolute Gasteiger partial charge is 0.477 e. The number of carbonyl (C=O) groups is 1. The smallest absolute Gasteiger partial charge is 0.345 e. The maximum absolute atomic E-state index is 13.0. The first kappa shape index (κ1) is 15.3. The Labute approximate surface area is 120 Å². The van der Waals surface area contributed by atoms with Crippen LogP contribution in [0.15, 0.2) is 28.5 Å². The summed E-state index contributed by atoms with van der Waals surface area (Å²) < 4.78 is 64.1. The molecule has 5 nitrogen and oxygen atoms in total. The van der Waals surface area contributed by atoms with Gasteiger partial charge in [0, 0.05) is 12.1 Å². The van der Waals surface area contributed by atoms with Crippen molar-refractivity contribution in [3.8, 4) is 0 Å². The second-order valence-corrected chi connectivity index (χ2v) is 6.78. The minimum atomic E-state index is -4.22. The molecular formula is C11H6F3NO4S2. The van der Waals surface area contributed by atoms with E-state index in [0.717, 1.165) is 12.1 Å². The molecule has 0 aliphatic rings. The van der Waals surface area contributed by atoms with E-state index in [9.17, 15) is 26.4 Å². The van der Waals surface area contributed by atoms with Crippen molar-refractivity contribution in [2.24, 2.45) is 0 Å². The van der Waals surface area contributed by atoms with Gasteiger partial charge >= 0.3 is 5.97 Å². The van der Waals surface area contributed by atoms with Crippen LogP contribution in [0, 0.1) is 17.5 Å². The Morgan fingerprint density at radius 1 is 1.14 bits per heavy atom. The van der Waals surface area contributed by atoms with Crippen LogP contribution in [0.2, 0.25) is 0 Å². The van der Waals surface area contributed by atoms with Crippen molar-refractivity contribution >= 4 is 33.0 Å². The lowest BCUT2D eigenvalue weighted by Gasteiger charge is -2.07. The average Bonchev–Trinajstić information content (AvgIpc) is 2.85. The van der Waals surface area contributed by atoms with Gasteiger partial charge in [0.25, 0.3) is 10.0 Å². The molecule has 1 aromatic carbocycles. The molecule has 1 heterocycles. The van der Waals surface area contributed by atoms with E-state index in [4.69, 9.17) is 5.11 Å². The van der Waals surface area contributed by atoms with Crippen molar-refractivity contribution in [2.45, 2.75) is 4.21 Å². The van der Waals surface area contributed by atoms with E-state index in [0.29, 0.717) is 23.5 Å². The molecular weight excluding hydrogens is 331 g/mol. The second-order valence-electron chi connectivity index (χ2n) is 3.78. The molecule has 0 unspecified atom stereocenters. The number of rotatable bonds is 4. The lowest BCUT2D eigenvalue weighted by atomic mass is 10.3. The number of aromatic carboxylic acids is 1. The summed E-state index contributed by atoms with van der Waals surface area (Å²) in [6.07, 6.45) is 0. The number of hydrogen-bond acceptors (Lipinski definition) is 4. The number of nitrogens with one attached hydrogen (secondary N) is 1. The van der Waals surface area contributed by atoms with Crippen molar-refractivity contribution in [3.05, 3.63) is 46.6 Å². The van der Waals surface area contributed by atoms with Gasteiger partial charge in [-0.05, 0) is 12.1 Å². The van der Waals surface area contributed by atoms with Crippen LogP contribution < -0.4 is 4.72 Å². The van der Waals surface area contributed by atoms with Crippen LogP contribution in [0.1, 0.15) is 9.67 Å². The topological polar surface area (TPSA) is 83.5 Å². The van der Waals surface area contributed by atoms with E-state index >= 15 is 0 Å². The molecule has 2 rings (SSSR count). The van der Waals surface area contributed by atoms with Crippen molar-refractivity contribution < 1.29 is 31.5 Å². The number of anilines is 1. The highest BCUT2D eigenvalue weighted by Crippen LogP contribution is 2.25. The quantitative estimate of drug-likeness (QED) is 0.840. The van der Waals surface area contributed by atoms with Gasteiger partial charge in [-0.1, -0.05) is 0 Å². The van der Waals surface area contributed by atoms with E-state index in [1.54, 1.807) is 0 Å². The molecule has 0 aliphatic carbocycles. The third-order valence-electron chi connectivity index (χ3n) is 2.29. The van der Waals surface area contributed by atoms with Crippen LogP contribution >= 0.6 is 11.3 Å². The zero-order valence-electron chi connectivity index (χ0n) is 9.93. The van der Waals surface area contributed by atoms with Crippen LogP contribution in [0.5, 0.6) is 0 Å². The fraction of sp³-hybridized carbons (Fsp3) is 0. The van der Waals surface area contributed by atoms with Crippen LogP contribution in [-0.2, 0) is 10.0 Å². The summed E-state index contributed by atoms with van der Waals surface area (Å²) in [6, 6.07) is 3.06. The first-order valence-corrected chi connectivity index (χ1v) is 7.51. The van der Waals surface area contributed by atoms with Crippen LogP contribution in [0.25, 0.3) is 0 Å². The molecule has 0 saturated heterocycles. The molecule has 10 heteroatoms. The Kier molecular flexibility index (Phi) is 3.92. The van der Waals surface area contributed by atoms with Crippen molar-refractivity contribution in [1.29, 1.82) is 0 Å². The summed E-state index contributed by atoms with van der Waals surface area (Å²) in [5, 5.41) is 8.71. The normalized spacial score (nSPS) is 11.4. The van der Waals surface area contributed by atoms with Gasteiger partial charge < -0.3 is 5.11 Å². The zero-order chi connectivity index (χ0) is 15.8. The molecule has 0 spiro atoms. The van der Waals surface area contributed by atoms with E-state index in [-0.39, 0.29) is 9.09 Å². The fourth-order valence-electron chi connectivity index (χ4n) is 1.40. The van der Waals surface area contributed by atoms with E-state index in [1.165, 1.54) is 0 Å². The van der Waals surface area contributed by atoms with Crippen molar-refractivity contribution in [2.75, 3.05) is 4.72 Å². The Balaban J connectivity index is 2.35. The van der Waals surface area contributed by atoms with Crippen molar-refractivity contribution in [1.82, 2.24) is 0 Å². The predicted octanol–water partition coefficient (Wildman–Crippen LogP) is 2.66. The maximum Gasteiger partial charge on any atom is 0.345 e. The molecule has 1 aromatic heterocycles. The Bertz CT molecular complexity index is 794. The third kappa shape index (κ3) is 3.16. The molecule has 0 bridgehead atoms. The predicted molar refractivity (Wildman–Crippen MR) is 68.4 cm³/mol. The van der Waals surface area contributed by atoms with Gasteiger partial charge in [0.15, 0.2) is 17.5 Å². The van der Waals surface area contributed by atoms with Crippen LogP contribution in [0.3, 0.4) is 0 Å². The minimum Gasteiger partial charge on any atom is -0.477 e. The Morgan fingerprint density at radius 2 is 1.71 bits per heavy atom. The fourth-order valence-corrected chi connectivity index (χ4v) is 3.58. The molecule has 0 aliphatic heterocycles. The molecule has 0 saturated carbocycles. The SMILES string of the molecule is O=C(O)c1ccc(S(=O)(=O)Nc2cc(F)c(F)c(F)c2)s1. The molecule has 112 valence electrons. The Morgan fingerprint density at radius 3 is 2.19 bits per heavy atom. The summed E-state index contributed by atoms with van der Waals surface area (Å²) >= 11 is 0.467. The van der Waals surface area contributed by atoms with E-state index in [2.05, 4.69) is 0 Å². The summed E-state index contributed by atoms with van der Waals surface area (Å²) in [5.74, 6) is -6.13. The number of halogens is 3. The van der Waals surface area contributed by atoms with Gasteiger partial charge in [0.05, 0.1) is 5.69 Å². The van der Waals surface area contributed by atoms with Gasteiger partial charge in [-0.15, -0.1) is 11.3 Å². The lowest BCUT2D eigenvalue weighted by molar-refractivity contribution is 0.0702. The van der Waals surface area contributed by atoms with Crippen LogP contribution in [0.4, 0.5) is 18.9 Å². The molecule has 0 radical (unpaired) electrons. The van der Waals surface area contributed by atoms with Gasteiger partial charge in [-0.3, -0.25) is 4.72 Å².